The molecule has 5 heteroatoms. The maximum absolute atomic E-state index is 5.39. The molecule has 4 nitrogen and oxygen atoms in total. The van der Waals surface area contributed by atoms with Gasteiger partial charge in [-0.3, -0.25) is 0 Å². The van der Waals surface area contributed by atoms with Gasteiger partial charge in [0.1, 0.15) is 0 Å². The van der Waals surface area contributed by atoms with Crippen LogP contribution in [-0.4, -0.2) is 4.98 Å². The lowest BCUT2D eigenvalue weighted by molar-refractivity contribution is 0.626. The highest BCUT2D eigenvalue weighted by Gasteiger charge is 2.04. The van der Waals surface area contributed by atoms with E-state index in [4.69, 9.17) is 15.9 Å². The molecule has 0 fully saturated rings. The zero-order valence-electron chi connectivity index (χ0n) is 5.00. The van der Waals surface area contributed by atoms with E-state index in [1.54, 1.807) is 6.07 Å². The van der Waals surface area contributed by atoms with Crippen LogP contribution in [0.2, 0.25) is 0 Å². The number of nitrogen functional groups attached to an aromatic ring is 2. The van der Waals surface area contributed by atoms with E-state index in [1.165, 1.54) is 11.3 Å². The van der Waals surface area contributed by atoms with Gasteiger partial charge in [0.25, 0.3) is 0 Å². The summed E-state index contributed by atoms with van der Waals surface area (Å²) in [7, 11) is 0. The molecule has 2 rings (SSSR count). The molecule has 2 heterocycles. The number of aromatic nitrogens is 1. The van der Waals surface area contributed by atoms with E-state index in [-0.39, 0.29) is 0 Å². The molecule has 0 spiro atoms. The summed E-state index contributed by atoms with van der Waals surface area (Å²) in [6.07, 6.45) is 0. The highest BCUT2D eigenvalue weighted by Crippen LogP contribution is 2.27. The summed E-state index contributed by atoms with van der Waals surface area (Å²) in [4.78, 5) is 3.88. The number of nitrogens with two attached hydrogens (primary N) is 2. The molecule has 0 unspecified atom stereocenters. The summed E-state index contributed by atoms with van der Waals surface area (Å²) in [6, 6.07) is 1.71. The molecule has 4 N–H and O–H groups in total. The van der Waals surface area contributed by atoms with Crippen LogP contribution in [0.5, 0.6) is 0 Å². The summed E-state index contributed by atoms with van der Waals surface area (Å²) in [5.41, 5.74) is 11.3. The van der Waals surface area contributed by atoms with Gasteiger partial charge >= 0.3 is 0 Å². The Bertz CT molecular complexity index is 301. The van der Waals surface area contributed by atoms with E-state index in [2.05, 4.69) is 4.98 Å². The maximum Gasteiger partial charge on any atom is 0.241 e. The average molecular weight is 155 g/mol. The topological polar surface area (TPSA) is 78.1 Å². The molecule has 0 saturated heterocycles. The van der Waals surface area contributed by atoms with Crippen LogP contribution < -0.4 is 11.5 Å². The first kappa shape index (κ1) is 5.55. The lowest BCUT2D eigenvalue weighted by atomic mass is 10.6. The molecule has 0 aromatic carbocycles. The second-order valence-corrected chi connectivity index (χ2v) is 2.93. The van der Waals surface area contributed by atoms with Crippen molar-refractivity contribution in [2.45, 2.75) is 0 Å². The van der Waals surface area contributed by atoms with E-state index >= 15 is 0 Å². The fourth-order valence-electron chi connectivity index (χ4n) is 0.769. The minimum Gasteiger partial charge on any atom is -0.422 e. The zero-order valence-corrected chi connectivity index (χ0v) is 5.81. The molecule has 0 aliphatic carbocycles. The third-order valence-corrected chi connectivity index (χ3v) is 1.94. The summed E-state index contributed by atoms with van der Waals surface area (Å²) in [5.74, 6) is 0.383. The molecule has 0 bridgehead atoms. The van der Waals surface area contributed by atoms with Crippen LogP contribution in [0.3, 0.4) is 0 Å². The van der Waals surface area contributed by atoms with Crippen molar-refractivity contribution < 1.29 is 4.42 Å². The predicted molar refractivity (Wildman–Crippen MR) is 40.7 cm³/mol. The van der Waals surface area contributed by atoms with Crippen molar-refractivity contribution in [3.63, 3.8) is 0 Å². The van der Waals surface area contributed by atoms with Crippen molar-refractivity contribution in [1.29, 1.82) is 0 Å². The van der Waals surface area contributed by atoms with Crippen molar-refractivity contribution in [3.8, 4) is 0 Å². The predicted octanol–water partition coefficient (Wildman–Crippen LogP) is 1.05. The zero-order chi connectivity index (χ0) is 7.14. The van der Waals surface area contributed by atoms with Crippen molar-refractivity contribution in [2.75, 3.05) is 11.5 Å². The molecule has 0 amide bonds. The minimum absolute atomic E-state index is 0.383. The van der Waals surface area contributed by atoms with E-state index < -0.39 is 0 Å². The van der Waals surface area contributed by atoms with Gasteiger partial charge in [0.2, 0.25) is 5.71 Å². The van der Waals surface area contributed by atoms with Crippen LogP contribution in [0.25, 0.3) is 10.4 Å². The molecule has 0 saturated carbocycles. The molecule has 0 aliphatic rings. The van der Waals surface area contributed by atoms with Crippen LogP contribution in [0, 0.1) is 0 Å². The van der Waals surface area contributed by atoms with E-state index in [1.807, 2.05) is 0 Å². The highest BCUT2D eigenvalue weighted by atomic mass is 32.1. The minimum atomic E-state index is 0.383. The molecule has 2 aromatic rings. The highest BCUT2D eigenvalue weighted by molar-refractivity contribution is 7.22. The Kier molecular flexibility index (Phi) is 0.906. The summed E-state index contributed by atoms with van der Waals surface area (Å²) in [5, 5.41) is 0.508. The molecule has 2 aromatic heterocycles. The lowest BCUT2D eigenvalue weighted by Crippen LogP contribution is -1.80. The quantitative estimate of drug-likeness (QED) is 0.596. The molecule has 10 heavy (non-hydrogen) atoms. The monoisotopic (exact) mass is 155 g/mol. The normalized spacial score (nSPS) is 10.8. The van der Waals surface area contributed by atoms with Crippen LogP contribution in [0.4, 0.5) is 11.0 Å². The number of rotatable bonds is 0. The van der Waals surface area contributed by atoms with E-state index in [0.29, 0.717) is 16.7 Å². The van der Waals surface area contributed by atoms with Gasteiger partial charge in [-0.25, -0.2) is 0 Å². The van der Waals surface area contributed by atoms with Gasteiger partial charge < -0.3 is 15.9 Å². The SMILES string of the molecule is Nc1cc2sc(N)nc2o1. The number of hydrogen-bond acceptors (Lipinski definition) is 5. The van der Waals surface area contributed by atoms with Gasteiger partial charge in [0, 0.05) is 6.07 Å². The van der Waals surface area contributed by atoms with Crippen molar-refractivity contribution in [1.82, 2.24) is 4.98 Å². The van der Waals surface area contributed by atoms with Gasteiger partial charge in [-0.2, -0.15) is 4.98 Å². The van der Waals surface area contributed by atoms with Crippen LogP contribution in [0.15, 0.2) is 10.5 Å². The average Bonchev–Trinajstić information content (AvgIpc) is 2.21. The van der Waals surface area contributed by atoms with Gasteiger partial charge in [-0.1, -0.05) is 11.3 Å². The van der Waals surface area contributed by atoms with Crippen molar-refractivity contribution in [3.05, 3.63) is 6.07 Å². The van der Waals surface area contributed by atoms with Crippen molar-refractivity contribution >= 4 is 32.8 Å². The number of nitrogens with zero attached hydrogens (tertiary/aromatic N) is 1. The standard InChI is InChI=1S/C5H5N3OS/c6-3-1-2-4(9-3)8-5(7)10-2/h1H,6H2,(H2,7,8). The lowest BCUT2D eigenvalue weighted by Gasteiger charge is -1.77. The molecule has 0 atom stereocenters. The van der Waals surface area contributed by atoms with Crippen molar-refractivity contribution in [2.24, 2.45) is 0 Å². The van der Waals surface area contributed by atoms with Gasteiger partial charge in [0.05, 0.1) is 4.70 Å². The Morgan fingerprint density at radius 1 is 1.50 bits per heavy atom. The molecular weight excluding hydrogens is 150 g/mol. The van der Waals surface area contributed by atoms with Crippen LogP contribution in [-0.2, 0) is 0 Å². The Balaban J connectivity index is 2.83. The fraction of sp³-hybridized carbons (Fsp3) is 0. The van der Waals surface area contributed by atoms with E-state index in [9.17, 15) is 0 Å². The maximum atomic E-state index is 5.39. The van der Waals surface area contributed by atoms with E-state index in [0.717, 1.165) is 4.70 Å². The molecule has 0 radical (unpaired) electrons. The number of fused-ring (bicyclic) bond motifs is 1. The van der Waals surface area contributed by atoms with Gasteiger partial charge in [-0.15, -0.1) is 0 Å². The summed E-state index contributed by atoms with van der Waals surface area (Å²) in [6.45, 7) is 0. The Morgan fingerprint density at radius 2 is 2.30 bits per heavy atom. The number of hydrogen-bond donors (Lipinski definition) is 2. The number of furan rings is 1. The molecule has 52 valence electrons. The van der Waals surface area contributed by atoms with Crippen LogP contribution >= 0.6 is 11.3 Å². The Hall–Kier alpha value is -1.23. The first-order valence-electron chi connectivity index (χ1n) is 2.67. The molecule has 0 aliphatic heterocycles. The second kappa shape index (κ2) is 1.63. The third-order valence-electron chi connectivity index (χ3n) is 1.12. The summed E-state index contributed by atoms with van der Waals surface area (Å²) < 4.78 is 5.88. The Morgan fingerprint density at radius 3 is 3.00 bits per heavy atom. The second-order valence-electron chi connectivity index (χ2n) is 1.87. The molecular formula is C5H5N3OS. The first-order valence-corrected chi connectivity index (χ1v) is 3.48. The summed E-state index contributed by atoms with van der Waals surface area (Å²) >= 11 is 1.37. The first-order chi connectivity index (χ1) is 4.75. The fourth-order valence-corrected chi connectivity index (χ4v) is 1.47. The number of anilines is 2. The smallest absolute Gasteiger partial charge is 0.241 e. The third kappa shape index (κ3) is 0.640. The largest absolute Gasteiger partial charge is 0.422 e. The Labute approximate surface area is 60.4 Å². The number of thiazole rings is 1. The van der Waals surface area contributed by atoms with Crippen LogP contribution in [0.1, 0.15) is 0 Å². The van der Waals surface area contributed by atoms with Gasteiger partial charge in [-0.05, 0) is 0 Å². The van der Waals surface area contributed by atoms with Gasteiger partial charge in [0.15, 0.2) is 11.0 Å².